The largest absolute Gasteiger partial charge is 0.390 e. The molecule has 0 aliphatic carbocycles. The maximum Gasteiger partial charge on any atom is 0.105 e. The van der Waals surface area contributed by atoms with Crippen molar-refractivity contribution in [2.45, 2.75) is 23.5 Å². The van der Waals surface area contributed by atoms with Crippen LogP contribution in [0.2, 0.25) is 0 Å². The molecule has 0 amide bonds. The van der Waals surface area contributed by atoms with Crippen molar-refractivity contribution in [1.29, 1.82) is 0 Å². The number of azide groups is 1. The smallest absolute Gasteiger partial charge is 0.105 e. The van der Waals surface area contributed by atoms with Crippen LogP contribution in [0.4, 0.5) is 0 Å². The van der Waals surface area contributed by atoms with E-state index in [1.54, 1.807) is 17.8 Å². The Bertz CT molecular complexity index is 407. The van der Waals surface area contributed by atoms with Gasteiger partial charge in [-0.25, -0.2) is 0 Å². The number of thioether (sulfide) groups is 1. The number of hydrogen-bond acceptors (Lipinski definition) is 4. The molecule has 6 heteroatoms. The maximum absolute atomic E-state index is 9.91. The quantitative estimate of drug-likeness (QED) is 0.353. The Hall–Kier alpha value is -1.20. The van der Waals surface area contributed by atoms with E-state index in [-0.39, 0.29) is 13.0 Å². The fraction of sp³-hybridized carbons (Fsp3) is 0.455. The van der Waals surface area contributed by atoms with Crippen molar-refractivity contribution >= 4 is 11.8 Å². The molecule has 1 rings (SSSR count). The molecule has 2 unspecified atom stereocenters. The van der Waals surface area contributed by atoms with Crippen molar-refractivity contribution in [2.24, 2.45) is 5.11 Å². The molecule has 0 aromatic heterocycles. The van der Waals surface area contributed by atoms with Gasteiger partial charge >= 0.3 is 0 Å². The van der Waals surface area contributed by atoms with Crippen LogP contribution in [0.3, 0.4) is 0 Å². The van der Waals surface area contributed by atoms with Gasteiger partial charge in [0.25, 0.3) is 0 Å². The monoisotopic (exact) mass is 253 g/mol. The molecule has 0 fully saturated rings. The molecule has 17 heavy (non-hydrogen) atoms. The summed E-state index contributed by atoms with van der Waals surface area (Å²) in [5.41, 5.74) is 8.79. The van der Waals surface area contributed by atoms with Gasteiger partial charge in [0.2, 0.25) is 0 Å². The van der Waals surface area contributed by atoms with E-state index in [4.69, 9.17) is 5.53 Å². The summed E-state index contributed by atoms with van der Waals surface area (Å²) in [5.74, 6) is 0. The maximum atomic E-state index is 9.91. The Morgan fingerprint density at radius 1 is 1.47 bits per heavy atom. The Labute approximate surface area is 104 Å². The number of benzene rings is 1. The van der Waals surface area contributed by atoms with E-state index in [0.717, 1.165) is 4.90 Å². The highest BCUT2D eigenvalue weighted by atomic mass is 32.2. The van der Waals surface area contributed by atoms with Gasteiger partial charge in [0.05, 0.1) is 6.10 Å². The molecule has 0 aliphatic rings. The first-order chi connectivity index (χ1) is 8.19. The third-order valence-electron chi connectivity index (χ3n) is 2.39. The Morgan fingerprint density at radius 2 is 2.24 bits per heavy atom. The van der Waals surface area contributed by atoms with Gasteiger partial charge in [-0.15, -0.1) is 11.8 Å². The second-order valence-electron chi connectivity index (χ2n) is 3.53. The standard InChI is InChI=1S/C11H15N3O2S/c1-17-9-4-2-3-8(7-9)11(16)10(15)5-6-13-14-12/h2-4,7,10-11,15-16H,5-6H2,1H3. The van der Waals surface area contributed by atoms with Crippen LogP contribution >= 0.6 is 11.8 Å². The third-order valence-corrected chi connectivity index (χ3v) is 3.11. The summed E-state index contributed by atoms with van der Waals surface area (Å²) >= 11 is 1.57. The van der Waals surface area contributed by atoms with E-state index in [2.05, 4.69) is 10.0 Å². The molecule has 0 heterocycles. The second kappa shape index (κ2) is 7.19. The summed E-state index contributed by atoms with van der Waals surface area (Å²) in [5, 5.41) is 23.0. The molecule has 92 valence electrons. The molecule has 0 saturated heterocycles. The molecule has 1 aromatic carbocycles. The Morgan fingerprint density at radius 3 is 2.88 bits per heavy atom. The first-order valence-corrected chi connectivity index (χ1v) is 6.42. The highest BCUT2D eigenvalue weighted by Crippen LogP contribution is 2.23. The molecular formula is C11H15N3O2S. The predicted octanol–water partition coefficient (Wildman–Crippen LogP) is 2.50. The van der Waals surface area contributed by atoms with Crippen molar-refractivity contribution in [1.82, 2.24) is 0 Å². The molecule has 0 spiro atoms. The molecule has 1 aromatic rings. The predicted molar refractivity (Wildman–Crippen MR) is 67.8 cm³/mol. The normalized spacial score (nSPS) is 13.8. The lowest BCUT2D eigenvalue weighted by molar-refractivity contribution is 0.0149. The highest BCUT2D eigenvalue weighted by Gasteiger charge is 2.17. The number of aliphatic hydroxyl groups is 2. The van der Waals surface area contributed by atoms with Gasteiger partial charge in [-0.2, -0.15) is 0 Å². The number of rotatable bonds is 6. The van der Waals surface area contributed by atoms with Crippen molar-refractivity contribution in [3.63, 3.8) is 0 Å². The molecule has 5 nitrogen and oxygen atoms in total. The van der Waals surface area contributed by atoms with E-state index in [1.165, 1.54) is 0 Å². The summed E-state index contributed by atoms with van der Waals surface area (Å²) in [7, 11) is 0. The first-order valence-electron chi connectivity index (χ1n) is 5.20. The first kappa shape index (κ1) is 13.9. The van der Waals surface area contributed by atoms with Gasteiger partial charge in [-0.1, -0.05) is 17.2 Å². The molecule has 2 atom stereocenters. The number of nitrogens with zero attached hydrogens (tertiary/aromatic N) is 3. The summed E-state index contributed by atoms with van der Waals surface area (Å²) < 4.78 is 0. The van der Waals surface area contributed by atoms with Crippen LogP contribution in [0.5, 0.6) is 0 Å². The summed E-state index contributed by atoms with van der Waals surface area (Å²) in [6.45, 7) is 0.178. The molecular weight excluding hydrogens is 238 g/mol. The number of aliphatic hydroxyl groups excluding tert-OH is 2. The van der Waals surface area contributed by atoms with Gasteiger partial charge < -0.3 is 10.2 Å². The van der Waals surface area contributed by atoms with Gasteiger partial charge in [-0.05, 0) is 35.9 Å². The minimum absolute atomic E-state index is 0.178. The summed E-state index contributed by atoms with van der Waals surface area (Å²) in [6.07, 6.45) is 0.326. The molecule has 0 aliphatic heterocycles. The van der Waals surface area contributed by atoms with Crippen LogP contribution in [0, 0.1) is 0 Å². The van der Waals surface area contributed by atoms with Crippen LogP contribution < -0.4 is 0 Å². The van der Waals surface area contributed by atoms with Gasteiger partial charge in [0.1, 0.15) is 6.10 Å². The second-order valence-corrected chi connectivity index (χ2v) is 4.41. The van der Waals surface area contributed by atoms with Crippen molar-refractivity contribution < 1.29 is 10.2 Å². The van der Waals surface area contributed by atoms with Crippen LogP contribution in [0.25, 0.3) is 10.4 Å². The van der Waals surface area contributed by atoms with Crippen LogP contribution in [-0.2, 0) is 0 Å². The SMILES string of the molecule is CSc1cccc(C(O)C(O)CCN=[N+]=[N-])c1. The van der Waals surface area contributed by atoms with Gasteiger partial charge in [0.15, 0.2) is 0 Å². The lowest BCUT2D eigenvalue weighted by Crippen LogP contribution is -2.19. The zero-order valence-electron chi connectivity index (χ0n) is 9.52. The lowest BCUT2D eigenvalue weighted by atomic mass is 10.0. The zero-order valence-corrected chi connectivity index (χ0v) is 10.3. The highest BCUT2D eigenvalue weighted by molar-refractivity contribution is 7.98. The van der Waals surface area contributed by atoms with E-state index in [1.807, 2.05) is 24.5 Å². The molecule has 0 saturated carbocycles. The average molecular weight is 253 g/mol. The average Bonchev–Trinajstić information content (AvgIpc) is 2.38. The van der Waals surface area contributed by atoms with Crippen molar-refractivity contribution in [3.8, 4) is 0 Å². The van der Waals surface area contributed by atoms with Gasteiger partial charge in [-0.3, -0.25) is 0 Å². The summed E-state index contributed by atoms with van der Waals surface area (Å²) in [4.78, 5) is 3.63. The van der Waals surface area contributed by atoms with Crippen molar-refractivity contribution in [3.05, 3.63) is 40.3 Å². The lowest BCUT2D eigenvalue weighted by Gasteiger charge is -2.17. The van der Waals surface area contributed by atoms with Crippen LogP contribution in [-0.4, -0.2) is 29.1 Å². The number of hydrogen-bond donors (Lipinski definition) is 2. The fourth-order valence-corrected chi connectivity index (χ4v) is 1.91. The van der Waals surface area contributed by atoms with E-state index >= 15 is 0 Å². The Balaban J connectivity index is 2.66. The van der Waals surface area contributed by atoms with Crippen LogP contribution in [0.15, 0.2) is 34.3 Å². The van der Waals surface area contributed by atoms with Crippen molar-refractivity contribution in [2.75, 3.05) is 12.8 Å². The van der Waals surface area contributed by atoms with E-state index in [0.29, 0.717) is 5.56 Å². The molecule has 0 radical (unpaired) electrons. The topological polar surface area (TPSA) is 89.2 Å². The molecule has 0 bridgehead atoms. The zero-order chi connectivity index (χ0) is 12.7. The minimum atomic E-state index is -0.948. The van der Waals surface area contributed by atoms with Crippen LogP contribution in [0.1, 0.15) is 18.1 Å². The van der Waals surface area contributed by atoms with E-state index in [9.17, 15) is 10.2 Å². The third kappa shape index (κ3) is 4.28. The van der Waals surface area contributed by atoms with Gasteiger partial charge in [0, 0.05) is 16.4 Å². The molecule has 2 N–H and O–H groups in total. The summed E-state index contributed by atoms with van der Waals surface area (Å²) in [6, 6.07) is 7.38. The van der Waals surface area contributed by atoms with E-state index < -0.39 is 12.2 Å². The Kier molecular flexibility index (Phi) is 5.86. The fourth-order valence-electron chi connectivity index (χ4n) is 1.44. The minimum Gasteiger partial charge on any atom is -0.390 e.